The van der Waals surface area contributed by atoms with Crippen LogP contribution in [0.5, 0.6) is 0 Å². The fraction of sp³-hybridized carbons (Fsp3) is 0.429. The van der Waals surface area contributed by atoms with Gasteiger partial charge < -0.3 is 22.1 Å². The Labute approximate surface area is 118 Å². The molecule has 110 valence electrons. The minimum atomic E-state index is -0.612. The number of urea groups is 1. The van der Waals surface area contributed by atoms with Gasteiger partial charge in [-0.25, -0.2) is 4.79 Å². The maximum atomic E-state index is 11.7. The Morgan fingerprint density at radius 3 is 2.00 bits per heavy atom. The predicted octanol–water partition coefficient (Wildman–Crippen LogP) is 2.02. The maximum absolute atomic E-state index is 11.7. The van der Waals surface area contributed by atoms with Crippen molar-refractivity contribution < 1.29 is 9.59 Å². The summed E-state index contributed by atoms with van der Waals surface area (Å²) in [6, 6.07) is 6.19. The molecule has 0 aromatic heterocycles. The molecule has 0 aliphatic rings. The minimum Gasteiger partial charge on any atom is -0.351 e. The summed E-state index contributed by atoms with van der Waals surface area (Å²) in [5.74, 6) is -0.00615. The summed E-state index contributed by atoms with van der Waals surface area (Å²) in [5.41, 5.74) is 11.7. The van der Waals surface area contributed by atoms with Gasteiger partial charge in [0.2, 0.25) is 5.91 Å². The van der Waals surface area contributed by atoms with Crippen molar-refractivity contribution in [3.8, 4) is 0 Å². The SMILES string of the molecule is NCCCCCCC(=O)Nc1ccc(NC(N)=O)cc1. The van der Waals surface area contributed by atoms with Gasteiger partial charge in [0.1, 0.15) is 0 Å². The smallest absolute Gasteiger partial charge is 0.316 e. The van der Waals surface area contributed by atoms with Crippen LogP contribution in [0.25, 0.3) is 0 Å². The van der Waals surface area contributed by atoms with E-state index in [1.54, 1.807) is 24.3 Å². The molecular weight excluding hydrogens is 256 g/mol. The monoisotopic (exact) mass is 278 g/mol. The van der Waals surface area contributed by atoms with Crippen molar-refractivity contribution in [2.24, 2.45) is 11.5 Å². The Morgan fingerprint density at radius 1 is 0.900 bits per heavy atom. The fourth-order valence-corrected chi connectivity index (χ4v) is 1.79. The summed E-state index contributed by atoms with van der Waals surface area (Å²) >= 11 is 0. The third kappa shape index (κ3) is 6.75. The topological polar surface area (TPSA) is 110 Å². The van der Waals surface area contributed by atoms with Crippen molar-refractivity contribution in [3.05, 3.63) is 24.3 Å². The number of nitrogens with one attached hydrogen (secondary N) is 2. The first-order valence-electron chi connectivity index (χ1n) is 6.78. The number of carbonyl (C=O) groups excluding carboxylic acids is 2. The van der Waals surface area contributed by atoms with Gasteiger partial charge in [0, 0.05) is 17.8 Å². The van der Waals surface area contributed by atoms with Crippen LogP contribution >= 0.6 is 0 Å². The number of benzene rings is 1. The minimum absolute atomic E-state index is 0.00615. The molecule has 20 heavy (non-hydrogen) atoms. The normalized spacial score (nSPS) is 10.1. The largest absolute Gasteiger partial charge is 0.351 e. The number of anilines is 2. The fourth-order valence-electron chi connectivity index (χ4n) is 1.79. The number of primary amides is 1. The number of carbonyl (C=O) groups is 2. The predicted molar refractivity (Wildman–Crippen MR) is 80.4 cm³/mol. The van der Waals surface area contributed by atoms with Gasteiger partial charge in [-0.1, -0.05) is 12.8 Å². The third-order valence-corrected chi connectivity index (χ3v) is 2.79. The molecule has 1 aromatic rings. The lowest BCUT2D eigenvalue weighted by molar-refractivity contribution is -0.116. The lowest BCUT2D eigenvalue weighted by Gasteiger charge is -2.07. The molecule has 0 aliphatic carbocycles. The summed E-state index contributed by atoms with van der Waals surface area (Å²) < 4.78 is 0. The first kappa shape index (κ1) is 16.0. The van der Waals surface area contributed by atoms with Gasteiger partial charge >= 0.3 is 6.03 Å². The van der Waals surface area contributed by atoms with Gasteiger partial charge in [-0.15, -0.1) is 0 Å². The molecule has 0 saturated carbocycles. The molecule has 0 aliphatic heterocycles. The van der Waals surface area contributed by atoms with E-state index in [1.807, 2.05) is 0 Å². The van der Waals surface area contributed by atoms with Crippen LogP contribution in [0.4, 0.5) is 16.2 Å². The zero-order valence-electron chi connectivity index (χ0n) is 11.5. The van der Waals surface area contributed by atoms with E-state index in [1.165, 1.54) is 0 Å². The number of nitrogens with two attached hydrogens (primary N) is 2. The van der Waals surface area contributed by atoms with E-state index in [4.69, 9.17) is 11.5 Å². The van der Waals surface area contributed by atoms with Crippen LogP contribution in [0.2, 0.25) is 0 Å². The molecule has 0 atom stereocenters. The Bertz CT molecular complexity index is 431. The van der Waals surface area contributed by atoms with Gasteiger partial charge in [0.15, 0.2) is 0 Å². The van der Waals surface area contributed by atoms with E-state index >= 15 is 0 Å². The summed E-state index contributed by atoms with van der Waals surface area (Å²) in [7, 11) is 0. The van der Waals surface area contributed by atoms with Crippen molar-refractivity contribution in [1.29, 1.82) is 0 Å². The molecule has 0 saturated heterocycles. The average molecular weight is 278 g/mol. The molecule has 0 unspecified atom stereocenters. The number of hydrogen-bond acceptors (Lipinski definition) is 3. The van der Waals surface area contributed by atoms with E-state index in [9.17, 15) is 9.59 Å². The molecule has 1 rings (SSSR count). The quantitative estimate of drug-likeness (QED) is 0.546. The van der Waals surface area contributed by atoms with Gasteiger partial charge in [-0.05, 0) is 43.7 Å². The van der Waals surface area contributed by atoms with Crippen molar-refractivity contribution in [1.82, 2.24) is 0 Å². The first-order valence-corrected chi connectivity index (χ1v) is 6.78. The molecule has 6 heteroatoms. The summed E-state index contributed by atoms with van der Waals surface area (Å²) in [4.78, 5) is 22.3. The zero-order valence-corrected chi connectivity index (χ0v) is 11.5. The Morgan fingerprint density at radius 2 is 1.45 bits per heavy atom. The zero-order chi connectivity index (χ0) is 14.8. The van der Waals surface area contributed by atoms with Crippen LogP contribution in [0.15, 0.2) is 24.3 Å². The standard InChI is InChI=1S/C14H22N4O2/c15-10-4-2-1-3-5-13(19)17-11-6-8-12(9-7-11)18-14(16)20/h6-9H,1-5,10,15H2,(H,17,19)(H3,16,18,20). The molecule has 0 radical (unpaired) electrons. The van der Waals surface area contributed by atoms with Crippen molar-refractivity contribution >= 4 is 23.3 Å². The second kappa shape index (κ2) is 8.92. The molecule has 0 bridgehead atoms. The van der Waals surface area contributed by atoms with E-state index in [-0.39, 0.29) is 5.91 Å². The van der Waals surface area contributed by atoms with Crippen LogP contribution in [0, 0.1) is 0 Å². The van der Waals surface area contributed by atoms with E-state index in [0.717, 1.165) is 25.7 Å². The van der Waals surface area contributed by atoms with Crippen LogP contribution < -0.4 is 22.1 Å². The Kier molecular flexibility index (Phi) is 7.13. The Balaban J connectivity index is 2.29. The van der Waals surface area contributed by atoms with Crippen LogP contribution in [-0.2, 0) is 4.79 Å². The molecule has 0 heterocycles. The highest BCUT2D eigenvalue weighted by atomic mass is 16.2. The van der Waals surface area contributed by atoms with Gasteiger partial charge in [0.25, 0.3) is 0 Å². The summed E-state index contributed by atoms with van der Waals surface area (Å²) in [6.45, 7) is 0.706. The van der Waals surface area contributed by atoms with E-state index in [2.05, 4.69) is 10.6 Å². The van der Waals surface area contributed by atoms with Crippen molar-refractivity contribution in [2.45, 2.75) is 32.1 Å². The number of hydrogen-bond donors (Lipinski definition) is 4. The van der Waals surface area contributed by atoms with E-state index in [0.29, 0.717) is 24.3 Å². The number of rotatable bonds is 8. The lowest BCUT2D eigenvalue weighted by Crippen LogP contribution is -2.19. The lowest BCUT2D eigenvalue weighted by atomic mass is 10.1. The summed E-state index contributed by atoms with van der Waals surface area (Å²) in [6.07, 6.45) is 4.47. The molecule has 1 aromatic carbocycles. The van der Waals surface area contributed by atoms with Gasteiger partial charge in [-0.2, -0.15) is 0 Å². The molecular formula is C14H22N4O2. The number of unbranched alkanes of at least 4 members (excludes halogenated alkanes) is 3. The van der Waals surface area contributed by atoms with Crippen LogP contribution in [-0.4, -0.2) is 18.5 Å². The van der Waals surface area contributed by atoms with Gasteiger partial charge in [-0.3, -0.25) is 4.79 Å². The first-order chi connectivity index (χ1) is 9.61. The molecule has 6 nitrogen and oxygen atoms in total. The molecule has 3 amide bonds. The van der Waals surface area contributed by atoms with E-state index < -0.39 is 6.03 Å². The third-order valence-electron chi connectivity index (χ3n) is 2.79. The molecule has 0 spiro atoms. The van der Waals surface area contributed by atoms with Crippen LogP contribution in [0.3, 0.4) is 0 Å². The molecule has 6 N–H and O–H groups in total. The van der Waals surface area contributed by atoms with Gasteiger partial charge in [0.05, 0.1) is 0 Å². The summed E-state index contributed by atoms with van der Waals surface area (Å²) in [5, 5.41) is 5.26. The highest BCUT2D eigenvalue weighted by molar-refractivity contribution is 5.91. The maximum Gasteiger partial charge on any atom is 0.316 e. The second-order valence-corrected chi connectivity index (χ2v) is 4.57. The highest BCUT2D eigenvalue weighted by Gasteiger charge is 2.02. The van der Waals surface area contributed by atoms with Crippen molar-refractivity contribution in [2.75, 3.05) is 17.2 Å². The second-order valence-electron chi connectivity index (χ2n) is 4.57. The van der Waals surface area contributed by atoms with Crippen LogP contribution in [0.1, 0.15) is 32.1 Å². The van der Waals surface area contributed by atoms with Crippen molar-refractivity contribution in [3.63, 3.8) is 0 Å². The molecule has 0 fully saturated rings. The Hall–Kier alpha value is -2.08. The average Bonchev–Trinajstić information content (AvgIpc) is 2.40. The highest BCUT2D eigenvalue weighted by Crippen LogP contribution is 2.14. The number of amides is 3.